The van der Waals surface area contributed by atoms with E-state index in [1.807, 2.05) is 18.2 Å². The second-order valence-corrected chi connectivity index (χ2v) is 5.66. The Bertz CT molecular complexity index is 551. The summed E-state index contributed by atoms with van der Waals surface area (Å²) in [5.74, 6) is 1.78. The second-order valence-electron chi connectivity index (χ2n) is 4.34. The highest BCUT2D eigenvalue weighted by Crippen LogP contribution is 2.36. The van der Waals surface area contributed by atoms with Gasteiger partial charge in [-0.15, -0.1) is 11.3 Å². The quantitative estimate of drug-likeness (QED) is 0.913. The van der Waals surface area contributed by atoms with Gasteiger partial charge < -0.3 is 15.2 Å². The number of hydrogen-bond donors (Lipinski definition) is 1. The van der Waals surface area contributed by atoms with Crippen molar-refractivity contribution < 1.29 is 9.47 Å². The lowest BCUT2D eigenvalue weighted by Gasteiger charge is -2.18. The van der Waals surface area contributed by atoms with Crippen LogP contribution in [0.5, 0.6) is 11.5 Å². The van der Waals surface area contributed by atoms with Crippen molar-refractivity contribution in [1.82, 2.24) is 0 Å². The predicted molar refractivity (Wildman–Crippen MR) is 79.5 cm³/mol. The Balaban J connectivity index is 2.43. The van der Waals surface area contributed by atoms with E-state index in [1.54, 1.807) is 25.6 Å². The zero-order valence-corrected chi connectivity index (χ0v) is 12.3. The van der Waals surface area contributed by atoms with Crippen LogP contribution in [0.15, 0.2) is 30.3 Å². The van der Waals surface area contributed by atoms with Crippen LogP contribution >= 0.6 is 11.3 Å². The van der Waals surface area contributed by atoms with Crippen molar-refractivity contribution in [2.45, 2.75) is 12.8 Å². The van der Waals surface area contributed by atoms with E-state index in [1.165, 1.54) is 9.75 Å². The van der Waals surface area contributed by atoms with E-state index in [2.05, 4.69) is 19.1 Å². The topological polar surface area (TPSA) is 44.5 Å². The van der Waals surface area contributed by atoms with Gasteiger partial charge in [0.15, 0.2) is 0 Å². The largest absolute Gasteiger partial charge is 0.497 e. The van der Waals surface area contributed by atoms with Crippen molar-refractivity contribution >= 4 is 11.3 Å². The Hall–Kier alpha value is -1.52. The summed E-state index contributed by atoms with van der Waals surface area (Å²) >= 11 is 1.78. The number of ether oxygens (including phenoxy) is 2. The van der Waals surface area contributed by atoms with Gasteiger partial charge in [0.2, 0.25) is 0 Å². The molecule has 4 heteroatoms. The molecule has 1 aromatic heterocycles. The number of rotatable bonds is 5. The first-order chi connectivity index (χ1) is 9.19. The second kappa shape index (κ2) is 6.08. The van der Waals surface area contributed by atoms with Crippen molar-refractivity contribution in [2.75, 3.05) is 20.8 Å². The molecule has 0 aliphatic rings. The van der Waals surface area contributed by atoms with Gasteiger partial charge in [-0.1, -0.05) is 6.07 Å². The van der Waals surface area contributed by atoms with Crippen molar-refractivity contribution in [1.29, 1.82) is 0 Å². The molecule has 0 fully saturated rings. The highest BCUT2D eigenvalue weighted by atomic mass is 32.1. The maximum Gasteiger partial charge on any atom is 0.126 e. The van der Waals surface area contributed by atoms with E-state index in [9.17, 15) is 0 Å². The summed E-state index contributed by atoms with van der Waals surface area (Å²) in [6.45, 7) is 2.66. The Labute approximate surface area is 118 Å². The van der Waals surface area contributed by atoms with E-state index in [4.69, 9.17) is 15.2 Å². The highest BCUT2D eigenvalue weighted by molar-refractivity contribution is 7.12. The molecule has 1 atom stereocenters. The average molecular weight is 277 g/mol. The summed E-state index contributed by atoms with van der Waals surface area (Å²) in [6.07, 6.45) is 0. The Kier molecular flexibility index (Phi) is 4.45. The molecule has 0 aliphatic carbocycles. The zero-order valence-electron chi connectivity index (χ0n) is 11.5. The van der Waals surface area contributed by atoms with Crippen LogP contribution < -0.4 is 15.2 Å². The molecule has 102 valence electrons. The lowest BCUT2D eigenvalue weighted by Crippen LogP contribution is -2.13. The fourth-order valence-corrected chi connectivity index (χ4v) is 3.15. The van der Waals surface area contributed by atoms with Gasteiger partial charge in [0.25, 0.3) is 0 Å². The number of hydrogen-bond acceptors (Lipinski definition) is 4. The summed E-state index contributed by atoms with van der Waals surface area (Å²) < 4.78 is 10.7. The lowest BCUT2D eigenvalue weighted by atomic mass is 9.96. The number of thiophene rings is 1. The normalized spacial score (nSPS) is 12.2. The van der Waals surface area contributed by atoms with Gasteiger partial charge in [-0.2, -0.15) is 0 Å². The SMILES string of the molecule is COc1ccc(C(CN)c2ccc(C)s2)c(OC)c1. The first-order valence-corrected chi connectivity index (χ1v) is 6.99. The molecule has 0 spiro atoms. The maximum atomic E-state index is 5.96. The molecule has 1 heterocycles. The van der Waals surface area contributed by atoms with Gasteiger partial charge in [0.05, 0.1) is 14.2 Å². The van der Waals surface area contributed by atoms with Crippen molar-refractivity contribution in [3.63, 3.8) is 0 Å². The molecule has 0 radical (unpaired) electrons. The van der Waals surface area contributed by atoms with Crippen LogP contribution in [0.1, 0.15) is 21.2 Å². The van der Waals surface area contributed by atoms with Crippen LogP contribution in [0.4, 0.5) is 0 Å². The molecule has 0 bridgehead atoms. The molecule has 1 aromatic carbocycles. The van der Waals surface area contributed by atoms with Crippen LogP contribution in [0.3, 0.4) is 0 Å². The van der Waals surface area contributed by atoms with Crippen LogP contribution in [0, 0.1) is 6.92 Å². The minimum absolute atomic E-state index is 0.166. The third-order valence-electron chi connectivity index (χ3n) is 3.16. The molecule has 2 aromatic rings. The molecule has 19 heavy (non-hydrogen) atoms. The summed E-state index contributed by atoms with van der Waals surface area (Å²) in [7, 11) is 3.32. The van der Waals surface area contributed by atoms with Gasteiger partial charge in [0.1, 0.15) is 11.5 Å². The molecular weight excluding hydrogens is 258 g/mol. The zero-order chi connectivity index (χ0) is 13.8. The van der Waals surface area contributed by atoms with Crippen LogP contribution in [0.25, 0.3) is 0 Å². The van der Waals surface area contributed by atoms with Gasteiger partial charge in [0, 0.05) is 33.8 Å². The number of aryl methyl sites for hydroxylation is 1. The number of nitrogens with two attached hydrogens (primary N) is 1. The first-order valence-electron chi connectivity index (χ1n) is 6.18. The van der Waals surface area contributed by atoms with Crippen LogP contribution in [-0.4, -0.2) is 20.8 Å². The van der Waals surface area contributed by atoms with E-state index in [-0.39, 0.29) is 5.92 Å². The Morgan fingerprint density at radius 3 is 2.47 bits per heavy atom. The molecule has 1 unspecified atom stereocenters. The standard InChI is InChI=1S/C15H19NO2S/c1-10-4-7-15(19-10)13(9-16)12-6-5-11(17-2)8-14(12)18-3/h4-8,13H,9,16H2,1-3H3. The summed E-state index contributed by atoms with van der Waals surface area (Å²) in [4.78, 5) is 2.56. The summed E-state index contributed by atoms with van der Waals surface area (Å²) in [5, 5.41) is 0. The van der Waals surface area contributed by atoms with E-state index in [0.717, 1.165) is 17.1 Å². The maximum absolute atomic E-state index is 5.96. The third kappa shape index (κ3) is 2.91. The van der Waals surface area contributed by atoms with Crippen molar-refractivity contribution in [3.05, 3.63) is 45.6 Å². The molecular formula is C15H19NO2S. The Morgan fingerprint density at radius 2 is 1.95 bits per heavy atom. The molecule has 0 aliphatic heterocycles. The molecule has 0 saturated heterocycles. The van der Waals surface area contributed by atoms with E-state index < -0.39 is 0 Å². The smallest absolute Gasteiger partial charge is 0.126 e. The van der Waals surface area contributed by atoms with Crippen molar-refractivity contribution in [2.24, 2.45) is 5.73 Å². The monoisotopic (exact) mass is 277 g/mol. The highest BCUT2D eigenvalue weighted by Gasteiger charge is 2.19. The molecule has 2 N–H and O–H groups in total. The van der Waals surface area contributed by atoms with E-state index in [0.29, 0.717) is 6.54 Å². The molecule has 2 rings (SSSR count). The molecule has 3 nitrogen and oxygen atoms in total. The van der Waals surface area contributed by atoms with E-state index >= 15 is 0 Å². The summed E-state index contributed by atoms with van der Waals surface area (Å²) in [5.41, 5.74) is 7.06. The average Bonchev–Trinajstić information content (AvgIpc) is 2.86. The Morgan fingerprint density at radius 1 is 1.16 bits per heavy atom. The van der Waals surface area contributed by atoms with Gasteiger partial charge in [-0.05, 0) is 25.1 Å². The number of methoxy groups -OCH3 is 2. The molecule has 0 saturated carbocycles. The predicted octanol–water partition coefficient (Wildman–Crippen LogP) is 3.16. The fourth-order valence-electron chi connectivity index (χ4n) is 2.14. The van der Waals surface area contributed by atoms with Gasteiger partial charge in [-0.3, -0.25) is 0 Å². The van der Waals surface area contributed by atoms with Crippen molar-refractivity contribution in [3.8, 4) is 11.5 Å². The fraction of sp³-hybridized carbons (Fsp3) is 0.333. The van der Waals surface area contributed by atoms with Gasteiger partial charge in [-0.25, -0.2) is 0 Å². The van der Waals surface area contributed by atoms with Gasteiger partial charge >= 0.3 is 0 Å². The van der Waals surface area contributed by atoms with Crippen LogP contribution in [0.2, 0.25) is 0 Å². The minimum atomic E-state index is 0.166. The minimum Gasteiger partial charge on any atom is -0.497 e. The van der Waals surface area contributed by atoms with Crippen LogP contribution in [-0.2, 0) is 0 Å². The third-order valence-corrected chi connectivity index (χ3v) is 4.27. The summed E-state index contributed by atoms with van der Waals surface area (Å²) in [6, 6.07) is 10.1. The number of benzene rings is 1. The first kappa shape index (κ1) is 13.9. The lowest BCUT2D eigenvalue weighted by molar-refractivity contribution is 0.390. The molecule has 0 amide bonds.